The van der Waals surface area contributed by atoms with Crippen LogP contribution >= 0.6 is 0 Å². The van der Waals surface area contributed by atoms with E-state index in [1.165, 1.54) is 15.9 Å². The molecule has 21 heavy (non-hydrogen) atoms. The molecule has 2 rings (SSSR count). The Morgan fingerprint density at radius 3 is 2.57 bits per heavy atom. The lowest BCUT2D eigenvalue weighted by atomic mass is 10.3. The fourth-order valence-corrected chi connectivity index (χ4v) is 1.50. The first-order valence-electron chi connectivity index (χ1n) is 6.28. The van der Waals surface area contributed by atoms with Crippen LogP contribution in [0.3, 0.4) is 0 Å². The number of para-hydroxylation sites is 1. The molecule has 0 aliphatic heterocycles. The number of carbonyl (C=O) groups excluding carboxylic acids is 2. The van der Waals surface area contributed by atoms with Crippen molar-refractivity contribution in [2.75, 3.05) is 24.7 Å². The molecule has 2 N–H and O–H groups in total. The fraction of sp³-hybridized carbons (Fsp3) is 0.231. The molecule has 8 heteroatoms. The average Bonchev–Trinajstić information content (AvgIpc) is 2.86. The largest absolute Gasteiger partial charge is 0.331 e. The van der Waals surface area contributed by atoms with E-state index < -0.39 is 0 Å². The van der Waals surface area contributed by atoms with Crippen molar-refractivity contribution in [1.29, 1.82) is 0 Å². The highest BCUT2D eigenvalue weighted by atomic mass is 16.2. The molecule has 0 atom stereocenters. The van der Waals surface area contributed by atoms with Crippen LogP contribution in [0.25, 0.3) is 0 Å². The van der Waals surface area contributed by atoms with Gasteiger partial charge in [-0.2, -0.15) is 9.90 Å². The van der Waals surface area contributed by atoms with Crippen LogP contribution in [0.5, 0.6) is 0 Å². The molecular formula is C13H16N6O2. The Morgan fingerprint density at radius 1 is 1.19 bits per heavy atom. The number of nitrogens with zero attached hydrogens (tertiary/aromatic N) is 4. The quantitative estimate of drug-likeness (QED) is 0.878. The number of rotatable bonds is 4. The predicted molar refractivity (Wildman–Crippen MR) is 77.8 cm³/mol. The molecular weight excluding hydrogens is 272 g/mol. The number of carbonyl (C=O) groups is 2. The van der Waals surface area contributed by atoms with Crippen molar-refractivity contribution < 1.29 is 9.59 Å². The first-order chi connectivity index (χ1) is 10.0. The molecule has 0 saturated heterocycles. The van der Waals surface area contributed by atoms with E-state index in [0.717, 1.165) is 0 Å². The maximum Gasteiger partial charge on any atom is 0.322 e. The first-order valence-corrected chi connectivity index (χ1v) is 6.28. The second kappa shape index (κ2) is 6.51. The van der Waals surface area contributed by atoms with Gasteiger partial charge in [0.05, 0.1) is 6.20 Å². The molecule has 0 bridgehead atoms. The summed E-state index contributed by atoms with van der Waals surface area (Å²) in [6.45, 7) is -0.0350. The van der Waals surface area contributed by atoms with E-state index >= 15 is 0 Å². The number of amides is 3. The maximum atomic E-state index is 11.8. The maximum absolute atomic E-state index is 11.8. The molecule has 0 fully saturated rings. The molecule has 1 aromatic carbocycles. The first kappa shape index (κ1) is 14.5. The second-order valence-corrected chi connectivity index (χ2v) is 4.50. The minimum absolute atomic E-state index is 0.0350. The van der Waals surface area contributed by atoms with Crippen molar-refractivity contribution in [3.63, 3.8) is 0 Å². The van der Waals surface area contributed by atoms with E-state index in [0.29, 0.717) is 11.5 Å². The second-order valence-electron chi connectivity index (χ2n) is 4.50. The summed E-state index contributed by atoms with van der Waals surface area (Å²) in [5.74, 6) is 0.0449. The van der Waals surface area contributed by atoms with Crippen molar-refractivity contribution in [3.05, 3.63) is 36.5 Å². The van der Waals surface area contributed by atoms with E-state index in [-0.39, 0.29) is 18.5 Å². The predicted octanol–water partition coefficient (Wildman–Crippen LogP) is 1.01. The summed E-state index contributed by atoms with van der Waals surface area (Å²) >= 11 is 0. The minimum Gasteiger partial charge on any atom is -0.331 e. The van der Waals surface area contributed by atoms with Crippen molar-refractivity contribution in [3.8, 4) is 0 Å². The molecule has 110 valence electrons. The van der Waals surface area contributed by atoms with E-state index in [1.54, 1.807) is 26.2 Å². The molecule has 1 heterocycles. The summed E-state index contributed by atoms with van der Waals surface area (Å²) in [5.41, 5.74) is 0.704. The Bertz CT molecular complexity index is 623. The summed E-state index contributed by atoms with van der Waals surface area (Å²) in [7, 11) is 3.24. The lowest BCUT2D eigenvalue weighted by Gasteiger charge is -2.09. The van der Waals surface area contributed by atoms with Gasteiger partial charge in [-0.1, -0.05) is 18.2 Å². The molecule has 2 aromatic rings. The summed E-state index contributed by atoms with van der Waals surface area (Å²) in [4.78, 5) is 25.8. The number of anilines is 2. The third kappa shape index (κ3) is 4.30. The lowest BCUT2D eigenvalue weighted by molar-refractivity contribution is -0.117. The number of nitrogens with one attached hydrogen (secondary N) is 2. The van der Waals surface area contributed by atoms with Crippen LogP contribution in [0.1, 0.15) is 0 Å². The van der Waals surface area contributed by atoms with Gasteiger partial charge in [-0.25, -0.2) is 4.79 Å². The van der Waals surface area contributed by atoms with Crippen molar-refractivity contribution in [1.82, 2.24) is 19.9 Å². The number of aromatic nitrogens is 3. The Hall–Kier alpha value is -2.90. The monoisotopic (exact) mass is 288 g/mol. The van der Waals surface area contributed by atoms with Crippen LogP contribution in [0.2, 0.25) is 0 Å². The van der Waals surface area contributed by atoms with Crippen molar-refractivity contribution in [2.45, 2.75) is 6.54 Å². The van der Waals surface area contributed by atoms with Gasteiger partial charge in [0, 0.05) is 19.8 Å². The topological polar surface area (TPSA) is 92.2 Å². The molecule has 1 aromatic heterocycles. The molecule has 0 spiro atoms. The van der Waals surface area contributed by atoms with E-state index in [9.17, 15) is 9.59 Å². The van der Waals surface area contributed by atoms with Gasteiger partial charge in [-0.05, 0) is 12.1 Å². The van der Waals surface area contributed by atoms with Crippen LogP contribution in [0, 0.1) is 0 Å². The van der Waals surface area contributed by atoms with Gasteiger partial charge < -0.3 is 10.2 Å². The van der Waals surface area contributed by atoms with E-state index in [1.807, 2.05) is 18.2 Å². The Labute approximate surface area is 121 Å². The highest BCUT2D eigenvalue weighted by molar-refractivity contribution is 5.90. The Balaban J connectivity index is 1.90. The Kier molecular flexibility index (Phi) is 4.50. The average molecular weight is 288 g/mol. The lowest BCUT2D eigenvalue weighted by Crippen LogP contribution is -2.27. The summed E-state index contributed by atoms with van der Waals surface area (Å²) in [5, 5.41) is 13.2. The van der Waals surface area contributed by atoms with Crippen LogP contribution in [-0.2, 0) is 11.3 Å². The van der Waals surface area contributed by atoms with Gasteiger partial charge >= 0.3 is 6.03 Å². The zero-order chi connectivity index (χ0) is 15.2. The standard InChI is InChI=1S/C13H16N6O2/c1-18(2)13(21)16-11-8-14-19(17-11)9-12(20)15-10-6-4-3-5-7-10/h3-8H,9H2,1-2H3,(H,15,20)(H,16,17,21). The highest BCUT2D eigenvalue weighted by Crippen LogP contribution is 2.05. The van der Waals surface area contributed by atoms with Crippen LogP contribution < -0.4 is 10.6 Å². The minimum atomic E-state index is -0.309. The molecule has 0 saturated carbocycles. The van der Waals surface area contributed by atoms with E-state index in [4.69, 9.17) is 0 Å². The molecule has 0 aliphatic carbocycles. The van der Waals surface area contributed by atoms with Crippen molar-refractivity contribution >= 4 is 23.4 Å². The molecule has 3 amide bonds. The highest BCUT2D eigenvalue weighted by Gasteiger charge is 2.09. The van der Waals surface area contributed by atoms with Crippen molar-refractivity contribution in [2.24, 2.45) is 0 Å². The van der Waals surface area contributed by atoms with Gasteiger partial charge in [0.15, 0.2) is 5.82 Å². The smallest absolute Gasteiger partial charge is 0.322 e. The van der Waals surface area contributed by atoms with Crippen LogP contribution in [-0.4, -0.2) is 45.9 Å². The SMILES string of the molecule is CN(C)C(=O)Nc1cnn(CC(=O)Nc2ccccc2)n1. The number of hydrogen-bond donors (Lipinski definition) is 2. The number of hydrogen-bond acceptors (Lipinski definition) is 4. The summed E-state index contributed by atoms with van der Waals surface area (Å²) in [6.07, 6.45) is 1.39. The zero-order valence-corrected chi connectivity index (χ0v) is 11.8. The van der Waals surface area contributed by atoms with Gasteiger partial charge in [-0.3, -0.25) is 10.1 Å². The zero-order valence-electron chi connectivity index (χ0n) is 11.8. The molecule has 0 aliphatic rings. The van der Waals surface area contributed by atoms with Gasteiger partial charge in [0.2, 0.25) is 5.91 Å². The van der Waals surface area contributed by atoms with Crippen LogP contribution in [0.15, 0.2) is 36.5 Å². The molecule has 8 nitrogen and oxygen atoms in total. The summed E-state index contributed by atoms with van der Waals surface area (Å²) < 4.78 is 0. The fourth-order valence-electron chi connectivity index (χ4n) is 1.50. The number of urea groups is 1. The Morgan fingerprint density at radius 2 is 1.90 bits per heavy atom. The van der Waals surface area contributed by atoms with E-state index in [2.05, 4.69) is 20.8 Å². The van der Waals surface area contributed by atoms with Gasteiger partial charge in [0.1, 0.15) is 6.54 Å². The normalized spacial score (nSPS) is 10.0. The number of benzene rings is 1. The third-order valence-electron chi connectivity index (χ3n) is 2.52. The third-order valence-corrected chi connectivity index (χ3v) is 2.52. The summed E-state index contributed by atoms with van der Waals surface area (Å²) in [6, 6.07) is 8.79. The molecule has 0 unspecified atom stereocenters. The van der Waals surface area contributed by atoms with Crippen LogP contribution in [0.4, 0.5) is 16.3 Å². The van der Waals surface area contributed by atoms with Gasteiger partial charge in [-0.15, -0.1) is 5.10 Å². The van der Waals surface area contributed by atoms with Gasteiger partial charge in [0.25, 0.3) is 0 Å². The molecule has 0 radical (unpaired) electrons.